The molecule has 0 aromatic heterocycles. The number of carbonyl (C=O) groups is 2. The second-order valence-electron chi connectivity index (χ2n) is 4.31. The fourth-order valence-corrected chi connectivity index (χ4v) is 1.53. The van der Waals surface area contributed by atoms with E-state index in [1.165, 1.54) is 6.08 Å². The fourth-order valence-electron chi connectivity index (χ4n) is 1.53. The van der Waals surface area contributed by atoms with Crippen LogP contribution in [0.3, 0.4) is 0 Å². The van der Waals surface area contributed by atoms with Gasteiger partial charge >= 0.3 is 5.97 Å². The summed E-state index contributed by atoms with van der Waals surface area (Å²) in [6, 6.07) is 0. The van der Waals surface area contributed by atoms with Gasteiger partial charge in [-0.05, 0) is 27.7 Å². The zero-order valence-corrected chi connectivity index (χ0v) is 9.66. The lowest BCUT2D eigenvalue weighted by Gasteiger charge is -2.44. The highest BCUT2D eigenvalue weighted by Crippen LogP contribution is 2.33. The van der Waals surface area contributed by atoms with Gasteiger partial charge in [-0.3, -0.25) is 4.79 Å². The summed E-state index contributed by atoms with van der Waals surface area (Å²) in [6.07, 6.45) is 1.36. The molecule has 0 aliphatic carbocycles. The van der Waals surface area contributed by atoms with E-state index in [2.05, 4.69) is 0 Å². The van der Waals surface area contributed by atoms with E-state index in [1.807, 2.05) is 13.8 Å². The van der Waals surface area contributed by atoms with Crippen molar-refractivity contribution in [3.8, 4) is 0 Å². The van der Waals surface area contributed by atoms with Gasteiger partial charge in [-0.1, -0.05) is 0 Å². The van der Waals surface area contributed by atoms with E-state index < -0.39 is 5.97 Å². The maximum Gasteiger partial charge on any atom is 0.332 e. The summed E-state index contributed by atoms with van der Waals surface area (Å²) in [5.41, 5.74) is 0.363. The van der Waals surface area contributed by atoms with Crippen molar-refractivity contribution in [3.05, 3.63) is 11.8 Å². The Morgan fingerprint density at radius 1 is 1.60 bits per heavy atom. The summed E-state index contributed by atoms with van der Waals surface area (Å²) >= 11 is 0. The van der Waals surface area contributed by atoms with Gasteiger partial charge in [0.05, 0.1) is 12.0 Å². The molecule has 1 rings (SSSR count). The van der Waals surface area contributed by atoms with Crippen LogP contribution < -0.4 is 0 Å². The van der Waals surface area contributed by atoms with Crippen LogP contribution in [0.5, 0.6) is 0 Å². The highest BCUT2D eigenvalue weighted by Gasteiger charge is 2.44. The lowest BCUT2D eigenvalue weighted by molar-refractivity contribution is -0.152. The number of esters is 1. The van der Waals surface area contributed by atoms with Gasteiger partial charge in [0.2, 0.25) is 5.91 Å². The molecular formula is C11H17NO3. The molecule has 84 valence electrons. The summed E-state index contributed by atoms with van der Waals surface area (Å²) in [6.45, 7) is 8.28. The highest BCUT2D eigenvalue weighted by molar-refractivity contribution is 5.91. The van der Waals surface area contributed by atoms with E-state index in [1.54, 1.807) is 18.7 Å². The Morgan fingerprint density at radius 2 is 2.20 bits per heavy atom. The van der Waals surface area contributed by atoms with Gasteiger partial charge in [-0.15, -0.1) is 0 Å². The number of carbonyl (C=O) groups excluding carboxylic acids is 2. The van der Waals surface area contributed by atoms with Crippen molar-refractivity contribution in [3.63, 3.8) is 0 Å². The molecule has 1 saturated heterocycles. The average molecular weight is 211 g/mol. The van der Waals surface area contributed by atoms with Crippen LogP contribution in [0.4, 0.5) is 0 Å². The predicted octanol–water partition coefficient (Wildman–Crippen LogP) is 1.32. The van der Waals surface area contributed by atoms with Crippen molar-refractivity contribution >= 4 is 11.9 Å². The van der Waals surface area contributed by atoms with Crippen LogP contribution in [0.1, 0.15) is 27.7 Å². The minimum atomic E-state index is -0.396. The fraction of sp³-hybridized carbons (Fsp3) is 0.636. The summed E-state index contributed by atoms with van der Waals surface area (Å²) in [7, 11) is 0. The van der Waals surface area contributed by atoms with Crippen molar-refractivity contribution in [1.82, 2.24) is 4.90 Å². The molecule has 4 heteroatoms. The van der Waals surface area contributed by atoms with E-state index in [4.69, 9.17) is 4.74 Å². The number of amides is 1. The first-order valence-corrected chi connectivity index (χ1v) is 5.05. The first-order valence-electron chi connectivity index (χ1n) is 5.05. The summed E-state index contributed by atoms with van der Waals surface area (Å²) < 4.78 is 4.77. The summed E-state index contributed by atoms with van der Waals surface area (Å²) in [5.74, 6) is -0.340. The van der Waals surface area contributed by atoms with Gasteiger partial charge in [0, 0.05) is 18.3 Å². The topological polar surface area (TPSA) is 46.6 Å². The first kappa shape index (κ1) is 11.8. The third-order valence-electron chi connectivity index (χ3n) is 2.42. The van der Waals surface area contributed by atoms with Crippen LogP contribution >= 0.6 is 0 Å². The smallest absolute Gasteiger partial charge is 0.332 e. The number of allylic oxidation sites excluding steroid dienone is 1. The molecule has 0 atom stereocenters. The van der Waals surface area contributed by atoms with Gasteiger partial charge < -0.3 is 9.64 Å². The number of rotatable bonds is 3. The number of nitrogens with zero attached hydrogens (tertiary/aromatic N) is 1. The number of ether oxygens (including phenoxy) is 1. The lowest BCUT2D eigenvalue weighted by atomic mass is 9.83. The molecule has 0 radical (unpaired) electrons. The number of hydrogen-bond acceptors (Lipinski definition) is 3. The lowest BCUT2D eigenvalue weighted by Crippen LogP contribution is -2.57. The molecule has 1 amide bonds. The van der Waals surface area contributed by atoms with E-state index in [0.717, 1.165) is 0 Å². The Morgan fingerprint density at radius 3 is 2.60 bits per heavy atom. The monoisotopic (exact) mass is 211 g/mol. The maximum atomic E-state index is 11.6. The zero-order valence-electron chi connectivity index (χ0n) is 9.66. The molecule has 0 spiro atoms. The number of β-lactam (4-membered cyclic amide) rings is 1. The molecule has 0 aromatic carbocycles. The molecule has 1 aliphatic heterocycles. The van der Waals surface area contributed by atoms with Gasteiger partial charge in [0.25, 0.3) is 0 Å². The number of likely N-dealkylation sites (tertiary alicyclic amines) is 1. The molecule has 0 aromatic rings. The van der Waals surface area contributed by atoms with Gasteiger partial charge in [0.15, 0.2) is 0 Å². The molecule has 0 N–H and O–H groups in total. The van der Waals surface area contributed by atoms with Crippen LogP contribution in [0.2, 0.25) is 0 Å². The Labute approximate surface area is 89.9 Å². The largest absolute Gasteiger partial charge is 0.463 e. The summed E-state index contributed by atoms with van der Waals surface area (Å²) in [5, 5.41) is 0. The third kappa shape index (κ3) is 2.37. The van der Waals surface area contributed by atoms with Crippen molar-refractivity contribution in [2.75, 3.05) is 13.2 Å². The van der Waals surface area contributed by atoms with E-state index >= 15 is 0 Å². The second-order valence-corrected chi connectivity index (χ2v) is 4.31. The van der Waals surface area contributed by atoms with Crippen molar-refractivity contribution in [2.24, 2.45) is 5.41 Å². The quantitative estimate of drug-likeness (QED) is 0.402. The van der Waals surface area contributed by atoms with Crippen LogP contribution in [0.15, 0.2) is 11.8 Å². The molecule has 1 fully saturated rings. The predicted molar refractivity (Wildman–Crippen MR) is 55.9 cm³/mol. The van der Waals surface area contributed by atoms with E-state index in [0.29, 0.717) is 18.8 Å². The van der Waals surface area contributed by atoms with Gasteiger partial charge in [0.1, 0.15) is 0 Å². The highest BCUT2D eigenvalue weighted by atomic mass is 16.5. The van der Waals surface area contributed by atoms with Crippen LogP contribution in [0, 0.1) is 5.41 Å². The molecule has 1 heterocycles. The van der Waals surface area contributed by atoms with Crippen molar-refractivity contribution in [1.29, 1.82) is 0 Å². The van der Waals surface area contributed by atoms with Crippen molar-refractivity contribution < 1.29 is 14.3 Å². The second kappa shape index (κ2) is 4.04. The SMILES string of the molecule is CCOC(=O)/C=C(\C)N1CC(C)(C)C1=O. The zero-order chi connectivity index (χ0) is 11.6. The first-order chi connectivity index (χ1) is 6.88. The minimum Gasteiger partial charge on any atom is -0.463 e. The van der Waals surface area contributed by atoms with Gasteiger partial charge in [-0.2, -0.15) is 0 Å². The van der Waals surface area contributed by atoms with Crippen LogP contribution in [-0.4, -0.2) is 29.9 Å². The molecule has 15 heavy (non-hydrogen) atoms. The summed E-state index contributed by atoms with van der Waals surface area (Å²) in [4.78, 5) is 24.3. The standard InChI is InChI=1S/C11H17NO3/c1-5-15-9(13)6-8(2)12-7-11(3,4)10(12)14/h6H,5,7H2,1-4H3/b8-6+. The maximum absolute atomic E-state index is 11.6. The van der Waals surface area contributed by atoms with Gasteiger partial charge in [-0.25, -0.2) is 4.79 Å². The molecule has 1 aliphatic rings. The molecular weight excluding hydrogens is 194 g/mol. The molecule has 0 bridgehead atoms. The molecule has 0 saturated carbocycles. The minimum absolute atomic E-state index is 0.0561. The van der Waals surface area contributed by atoms with Crippen LogP contribution in [0.25, 0.3) is 0 Å². The van der Waals surface area contributed by atoms with E-state index in [-0.39, 0.29) is 11.3 Å². The Balaban J connectivity index is 2.60. The van der Waals surface area contributed by atoms with E-state index in [9.17, 15) is 9.59 Å². The number of hydrogen-bond donors (Lipinski definition) is 0. The Bertz CT molecular complexity index is 318. The average Bonchev–Trinajstić information content (AvgIpc) is 2.14. The van der Waals surface area contributed by atoms with Crippen molar-refractivity contribution in [2.45, 2.75) is 27.7 Å². The third-order valence-corrected chi connectivity index (χ3v) is 2.42. The molecule has 0 unspecified atom stereocenters. The Kier molecular flexibility index (Phi) is 3.17. The normalized spacial score (nSPS) is 19.9. The van der Waals surface area contributed by atoms with Crippen LogP contribution in [-0.2, 0) is 14.3 Å². The Hall–Kier alpha value is -1.32. The molecule has 4 nitrogen and oxygen atoms in total.